The molecule has 0 saturated heterocycles. The first-order chi connectivity index (χ1) is 25.7. The fraction of sp³-hybridized carbons (Fsp3) is 0.412. The molecule has 20 nitrogen and oxygen atoms in total. The van der Waals surface area contributed by atoms with Crippen LogP contribution >= 0.6 is 0 Å². The molecule has 0 spiro atoms. The Morgan fingerprint density at radius 2 is 0.796 bits per heavy atom. The van der Waals surface area contributed by atoms with E-state index in [4.69, 9.17) is 11.5 Å². The smallest absolute Gasteiger partial charge is 0.293 e. The minimum atomic E-state index is -0.798. The zero-order valence-corrected chi connectivity index (χ0v) is 30.1. The summed E-state index contributed by atoms with van der Waals surface area (Å²) in [5, 5.41) is 51.8. The quantitative estimate of drug-likeness (QED) is 0.0507. The number of pyridine rings is 2. The standard InChI is InChI=1S/C34H48N10O10/c1-41-13-5-23(27(47)33(41)53)31(51)39-11-19-44(20-12-40-32(52)24-6-14-42(2)34(54)28(24)48)18-10-38-30(50)22-4-3-21(25(45)26(22)46)29(49)37-9-17-43(15-7-35)16-8-36/h3-6,13-14,45-48H,7-12,15-20,35-36H2,1-2H3,(H,37,49)(H,38,50)(H,39,51)(H,40,52). The van der Waals surface area contributed by atoms with Gasteiger partial charge in [0, 0.05) is 105 Å². The minimum absolute atomic E-state index is 0.0150. The van der Waals surface area contributed by atoms with E-state index in [1.54, 1.807) is 4.90 Å². The minimum Gasteiger partial charge on any atom is -0.504 e. The van der Waals surface area contributed by atoms with Crippen LogP contribution in [-0.2, 0) is 14.1 Å². The molecule has 4 amide bonds. The van der Waals surface area contributed by atoms with Crippen molar-refractivity contribution < 1.29 is 39.6 Å². The molecule has 0 atom stereocenters. The fourth-order valence-corrected chi connectivity index (χ4v) is 5.27. The van der Waals surface area contributed by atoms with Gasteiger partial charge in [-0.05, 0) is 24.3 Å². The lowest BCUT2D eigenvalue weighted by molar-refractivity contribution is 0.0927. The third-order valence-electron chi connectivity index (χ3n) is 8.36. The summed E-state index contributed by atoms with van der Waals surface area (Å²) < 4.78 is 2.22. The molecule has 0 radical (unpaired) electrons. The highest BCUT2D eigenvalue weighted by atomic mass is 16.3. The Kier molecular flexibility index (Phi) is 16.0. The first kappa shape index (κ1) is 42.5. The van der Waals surface area contributed by atoms with Crippen LogP contribution in [-0.4, -0.2) is 142 Å². The highest BCUT2D eigenvalue weighted by molar-refractivity contribution is 6.03. The second-order valence-electron chi connectivity index (χ2n) is 12.1. The van der Waals surface area contributed by atoms with E-state index in [0.717, 1.165) is 9.13 Å². The third kappa shape index (κ3) is 11.3. The highest BCUT2D eigenvalue weighted by Crippen LogP contribution is 2.32. The number of rotatable bonds is 20. The molecule has 0 bridgehead atoms. The van der Waals surface area contributed by atoms with Crippen LogP contribution in [0.2, 0.25) is 0 Å². The number of hydrogen-bond donors (Lipinski definition) is 10. The van der Waals surface area contributed by atoms with Gasteiger partial charge in [-0.3, -0.25) is 38.6 Å². The van der Waals surface area contributed by atoms with Gasteiger partial charge < -0.3 is 62.3 Å². The molecule has 0 aliphatic rings. The molecule has 0 saturated carbocycles. The van der Waals surface area contributed by atoms with Crippen LogP contribution in [0, 0.1) is 0 Å². The summed E-state index contributed by atoms with van der Waals surface area (Å²) in [6.07, 6.45) is 2.66. The number of phenolic OH excluding ortho intramolecular Hbond substituents is 2. The van der Waals surface area contributed by atoms with Crippen LogP contribution in [0.25, 0.3) is 0 Å². The molecule has 294 valence electrons. The van der Waals surface area contributed by atoms with E-state index in [9.17, 15) is 49.2 Å². The van der Waals surface area contributed by atoms with Crippen molar-refractivity contribution in [2.75, 3.05) is 78.5 Å². The zero-order chi connectivity index (χ0) is 39.9. The predicted octanol–water partition coefficient (Wildman–Crippen LogP) is -3.25. The summed E-state index contributed by atoms with van der Waals surface area (Å²) in [7, 11) is 2.84. The Bertz CT molecular complexity index is 1840. The number of aryl methyl sites for hydroxylation is 2. The van der Waals surface area contributed by atoms with Gasteiger partial charge in [-0.1, -0.05) is 0 Å². The summed E-state index contributed by atoms with van der Waals surface area (Å²) >= 11 is 0. The van der Waals surface area contributed by atoms with Gasteiger partial charge in [0.05, 0.1) is 22.3 Å². The monoisotopic (exact) mass is 756 g/mol. The Morgan fingerprint density at radius 3 is 1.09 bits per heavy atom. The molecule has 1 aromatic carbocycles. The molecular weight excluding hydrogens is 708 g/mol. The number of aromatic hydroxyl groups is 4. The molecule has 20 heteroatoms. The number of carbonyl (C=O) groups excluding carboxylic acids is 4. The maximum atomic E-state index is 13.0. The highest BCUT2D eigenvalue weighted by Gasteiger charge is 2.22. The zero-order valence-electron chi connectivity index (χ0n) is 30.1. The van der Waals surface area contributed by atoms with Crippen LogP contribution in [0.1, 0.15) is 41.4 Å². The number of nitrogens with two attached hydrogens (primary N) is 2. The largest absolute Gasteiger partial charge is 0.504 e. The van der Waals surface area contributed by atoms with E-state index in [-0.39, 0.29) is 68.1 Å². The Balaban J connectivity index is 1.63. The van der Waals surface area contributed by atoms with Crippen LogP contribution < -0.4 is 43.9 Å². The average Bonchev–Trinajstić information content (AvgIpc) is 3.13. The fourth-order valence-electron chi connectivity index (χ4n) is 5.27. The molecule has 0 fully saturated rings. The van der Waals surface area contributed by atoms with Crippen molar-refractivity contribution in [2.24, 2.45) is 25.6 Å². The molecule has 12 N–H and O–H groups in total. The number of carbonyl (C=O) groups is 4. The average molecular weight is 757 g/mol. The number of nitrogens with zero attached hydrogens (tertiary/aromatic N) is 4. The van der Waals surface area contributed by atoms with Gasteiger partial charge >= 0.3 is 0 Å². The molecule has 54 heavy (non-hydrogen) atoms. The van der Waals surface area contributed by atoms with Gasteiger partial charge in [0.25, 0.3) is 34.7 Å². The first-order valence-corrected chi connectivity index (χ1v) is 17.0. The SMILES string of the molecule is Cn1ccc(C(=O)NCCN(CCNC(=O)c2ccc(C(=O)NCCN(CCN)CCN)c(O)c2O)CCNC(=O)c2ccn(C)c(=O)c2O)c(O)c1=O. The number of nitrogens with one attached hydrogen (secondary N) is 4. The van der Waals surface area contributed by atoms with Crippen LogP contribution in [0.5, 0.6) is 23.0 Å². The lowest BCUT2D eigenvalue weighted by Crippen LogP contribution is -2.43. The van der Waals surface area contributed by atoms with Crippen molar-refractivity contribution in [1.29, 1.82) is 0 Å². The lowest BCUT2D eigenvalue weighted by atomic mass is 10.1. The maximum Gasteiger partial charge on any atom is 0.293 e. The first-order valence-electron chi connectivity index (χ1n) is 17.0. The Hall–Kier alpha value is -5.96. The molecule has 3 rings (SSSR count). The van der Waals surface area contributed by atoms with E-state index in [1.807, 2.05) is 4.90 Å². The van der Waals surface area contributed by atoms with Crippen molar-refractivity contribution in [3.8, 4) is 23.0 Å². The molecule has 2 aromatic heterocycles. The molecule has 0 aliphatic carbocycles. The number of aromatic nitrogens is 2. The molecule has 0 unspecified atom stereocenters. The Labute approximate surface area is 310 Å². The van der Waals surface area contributed by atoms with Crippen molar-refractivity contribution in [3.63, 3.8) is 0 Å². The van der Waals surface area contributed by atoms with E-state index >= 15 is 0 Å². The van der Waals surface area contributed by atoms with E-state index < -0.39 is 57.7 Å². The maximum absolute atomic E-state index is 13.0. The normalized spacial score (nSPS) is 11.1. The molecular formula is C34H48N10O10. The van der Waals surface area contributed by atoms with E-state index in [0.29, 0.717) is 32.7 Å². The predicted molar refractivity (Wildman–Crippen MR) is 197 cm³/mol. The number of phenols is 2. The summed E-state index contributed by atoms with van der Waals surface area (Å²) in [6, 6.07) is 4.97. The summed E-state index contributed by atoms with van der Waals surface area (Å²) in [6.45, 7) is 3.14. The van der Waals surface area contributed by atoms with Crippen LogP contribution in [0.4, 0.5) is 0 Å². The number of benzene rings is 1. The van der Waals surface area contributed by atoms with Gasteiger partial charge in [-0.2, -0.15) is 0 Å². The second-order valence-corrected chi connectivity index (χ2v) is 12.1. The van der Waals surface area contributed by atoms with E-state index in [2.05, 4.69) is 21.3 Å². The number of hydrogen-bond acceptors (Lipinski definition) is 14. The third-order valence-corrected chi connectivity index (χ3v) is 8.36. The second kappa shape index (κ2) is 20.3. The van der Waals surface area contributed by atoms with Crippen LogP contribution in [0.3, 0.4) is 0 Å². The van der Waals surface area contributed by atoms with Gasteiger partial charge in [0.15, 0.2) is 23.0 Å². The topological polar surface area (TPSA) is 300 Å². The van der Waals surface area contributed by atoms with Crippen molar-refractivity contribution in [2.45, 2.75) is 0 Å². The van der Waals surface area contributed by atoms with Gasteiger partial charge in [0.2, 0.25) is 0 Å². The summed E-state index contributed by atoms with van der Waals surface area (Å²) in [5.74, 6) is -5.85. The summed E-state index contributed by atoms with van der Waals surface area (Å²) in [5.41, 5.74) is 8.71. The van der Waals surface area contributed by atoms with Gasteiger partial charge in [-0.25, -0.2) is 0 Å². The van der Waals surface area contributed by atoms with E-state index in [1.165, 1.54) is 50.8 Å². The lowest BCUT2D eigenvalue weighted by Gasteiger charge is -2.23. The molecule has 2 heterocycles. The van der Waals surface area contributed by atoms with Gasteiger partial charge in [-0.15, -0.1) is 0 Å². The molecule has 3 aromatic rings. The molecule has 0 aliphatic heterocycles. The van der Waals surface area contributed by atoms with Crippen molar-refractivity contribution in [3.05, 3.63) is 79.6 Å². The van der Waals surface area contributed by atoms with Crippen molar-refractivity contribution in [1.82, 2.24) is 40.2 Å². The summed E-state index contributed by atoms with van der Waals surface area (Å²) in [4.78, 5) is 78.8. The van der Waals surface area contributed by atoms with Crippen molar-refractivity contribution >= 4 is 23.6 Å². The number of amides is 4. The van der Waals surface area contributed by atoms with Gasteiger partial charge in [0.1, 0.15) is 0 Å². The van der Waals surface area contributed by atoms with Crippen LogP contribution in [0.15, 0.2) is 46.2 Å². The Morgan fingerprint density at radius 1 is 0.519 bits per heavy atom.